The summed E-state index contributed by atoms with van der Waals surface area (Å²) in [6.45, 7) is 3.06. The monoisotopic (exact) mass is 483 g/mol. The van der Waals surface area contributed by atoms with Crippen molar-refractivity contribution in [2.24, 2.45) is 0 Å². The number of carbonyl (C=O) groups excluding carboxylic acids is 2. The Bertz CT molecular complexity index is 1300. The molecule has 0 bridgehead atoms. The molecule has 2 aromatic carbocycles. The number of anilines is 1. The van der Waals surface area contributed by atoms with Gasteiger partial charge < -0.3 is 19.0 Å². The second kappa shape index (κ2) is 9.60. The molecule has 3 aromatic rings. The van der Waals surface area contributed by atoms with Gasteiger partial charge in [-0.2, -0.15) is 0 Å². The lowest BCUT2D eigenvalue weighted by Gasteiger charge is -2.34. The molecule has 0 radical (unpaired) electrons. The van der Waals surface area contributed by atoms with Crippen LogP contribution in [0, 0.1) is 6.92 Å². The Kier molecular flexibility index (Phi) is 6.60. The van der Waals surface area contributed by atoms with Gasteiger partial charge in [0.05, 0.1) is 24.0 Å². The zero-order valence-electron chi connectivity index (χ0n) is 18.9. The van der Waals surface area contributed by atoms with Gasteiger partial charge in [0.2, 0.25) is 0 Å². The fourth-order valence-corrected chi connectivity index (χ4v) is 5.14. The van der Waals surface area contributed by atoms with Crippen LogP contribution in [0.25, 0.3) is 0 Å². The lowest BCUT2D eigenvalue weighted by atomic mass is 10.1. The van der Waals surface area contributed by atoms with Crippen LogP contribution in [0.4, 0.5) is 5.69 Å². The Morgan fingerprint density at radius 2 is 1.62 bits per heavy atom. The third kappa shape index (κ3) is 4.76. The van der Waals surface area contributed by atoms with Gasteiger partial charge in [0.15, 0.2) is 5.76 Å². The second-order valence-corrected chi connectivity index (χ2v) is 9.50. The molecule has 2 heterocycles. The summed E-state index contributed by atoms with van der Waals surface area (Å²) >= 11 is 0. The summed E-state index contributed by atoms with van der Waals surface area (Å²) in [5.74, 6) is 0.135. The molecule has 0 unspecified atom stereocenters. The van der Waals surface area contributed by atoms with Crippen LogP contribution in [0.15, 0.2) is 70.2 Å². The van der Waals surface area contributed by atoms with Gasteiger partial charge in [0.25, 0.3) is 21.8 Å². The lowest BCUT2D eigenvalue weighted by molar-refractivity contribution is 0.0518. The van der Waals surface area contributed by atoms with E-state index in [1.165, 1.54) is 19.4 Å². The summed E-state index contributed by atoms with van der Waals surface area (Å²) in [6, 6.07) is 14.6. The third-order valence-corrected chi connectivity index (χ3v) is 7.17. The molecule has 1 aliphatic heterocycles. The molecule has 0 aliphatic carbocycles. The first-order valence-electron chi connectivity index (χ1n) is 10.7. The number of nitrogens with one attached hydrogen (secondary N) is 1. The topological polar surface area (TPSA) is 109 Å². The third-order valence-electron chi connectivity index (χ3n) is 5.66. The fourth-order valence-electron chi connectivity index (χ4n) is 3.80. The number of nitrogens with zero attached hydrogens (tertiary/aromatic N) is 2. The Morgan fingerprint density at radius 1 is 0.941 bits per heavy atom. The maximum Gasteiger partial charge on any atom is 0.289 e. The first-order chi connectivity index (χ1) is 16.3. The number of para-hydroxylation sites is 2. The highest BCUT2D eigenvalue weighted by molar-refractivity contribution is 7.92. The average Bonchev–Trinajstić information content (AvgIpc) is 3.38. The molecule has 0 spiro atoms. The minimum atomic E-state index is -3.97. The Morgan fingerprint density at radius 3 is 2.26 bits per heavy atom. The molecule has 178 valence electrons. The van der Waals surface area contributed by atoms with Crippen LogP contribution in [-0.2, 0) is 10.0 Å². The predicted molar refractivity (Wildman–Crippen MR) is 125 cm³/mol. The van der Waals surface area contributed by atoms with Crippen molar-refractivity contribution in [3.05, 3.63) is 77.7 Å². The van der Waals surface area contributed by atoms with E-state index >= 15 is 0 Å². The molecular weight excluding hydrogens is 458 g/mol. The van der Waals surface area contributed by atoms with Crippen molar-refractivity contribution >= 4 is 27.5 Å². The van der Waals surface area contributed by atoms with Crippen molar-refractivity contribution < 1.29 is 27.2 Å². The molecule has 1 aromatic heterocycles. The van der Waals surface area contributed by atoms with Crippen LogP contribution in [0.5, 0.6) is 5.75 Å². The van der Waals surface area contributed by atoms with Crippen molar-refractivity contribution in [3.63, 3.8) is 0 Å². The molecule has 4 rings (SSSR count). The minimum Gasteiger partial charge on any atom is -0.495 e. The summed E-state index contributed by atoms with van der Waals surface area (Å²) in [4.78, 5) is 28.8. The number of piperazine rings is 1. The van der Waals surface area contributed by atoms with E-state index in [0.29, 0.717) is 43.2 Å². The highest BCUT2D eigenvalue weighted by Gasteiger charge is 2.28. The maximum atomic E-state index is 13.1. The number of furan rings is 1. The van der Waals surface area contributed by atoms with Crippen LogP contribution < -0.4 is 9.46 Å². The van der Waals surface area contributed by atoms with Gasteiger partial charge in [-0.25, -0.2) is 8.42 Å². The van der Waals surface area contributed by atoms with Crippen LogP contribution >= 0.6 is 0 Å². The molecule has 1 fully saturated rings. The van der Waals surface area contributed by atoms with Gasteiger partial charge in [-0.1, -0.05) is 18.2 Å². The molecule has 1 N–H and O–H groups in total. The van der Waals surface area contributed by atoms with Crippen molar-refractivity contribution in [2.75, 3.05) is 38.0 Å². The number of benzene rings is 2. The zero-order valence-corrected chi connectivity index (χ0v) is 19.7. The number of sulfonamides is 1. The van der Waals surface area contributed by atoms with Gasteiger partial charge in [-0.3, -0.25) is 14.3 Å². The highest BCUT2D eigenvalue weighted by atomic mass is 32.2. The van der Waals surface area contributed by atoms with E-state index in [0.717, 1.165) is 0 Å². The SMILES string of the molecule is COc1ccccc1NS(=O)(=O)c1cc(C(=O)N2CCN(C(=O)c3ccco3)CC2)ccc1C. The molecule has 2 amide bonds. The number of carbonyl (C=O) groups is 2. The first kappa shape index (κ1) is 23.4. The molecule has 0 atom stereocenters. The summed E-state index contributed by atoms with van der Waals surface area (Å²) in [6.07, 6.45) is 1.44. The smallest absolute Gasteiger partial charge is 0.289 e. The molecule has 1 saturated heterocycles. The second-order valence-electron chi connectivity index (χ2n) is 7.85. The maximum absolute atomic E-state index is 13.1. The normalized spacial score (nSPS) is 14.1. The summed E-state index contributed by atoms with van der Waals surface area (Å²) in [5.41, 5.74) is 1.07. The van der Waals surface area contributed by atoms with Crippen molar-refractivity contribution in [1.82, 2.24) is 9.80 Å². The number of ether oxygens (including phenoxy) is 1. The molecular formula is C24H25N3O6S. The minimum absolute atomic E-state index is 0.0101. The van der Waals surface area contributed by atoms with E-state index in [4.69, 9.17) is 9.15 Å². The number of amides is 2. The Labute approximate surface area is 198 Å². The number of rotatable bonds is 6. The number of hydrogen-bond acceptors (Lipinski definition) is 6. The van der Waals surface area contributed by atoms with Crippen LogP contribution in [0.2, 0.25) is 0 Å². The summed E-state index contributed by atoms with van der Waals surface area (Å²) < 4.78 is 39.2. The van der Waals surface area contributed by atoms with Crippen molar-refractivity contribution in [2.45, 2.75) is 11.8 Å². The Balaban J connectivity index is 1.49. The van der Waals surface area contributed by atoms with E-state index in [9.17, 15) is 18.0 Å². The van der Waals surface area contributed by atoms with Crippen LogP contribution in [0.1, 0.15) is 26.5 Å². The predicted octanol–water partition coefficient (Wildman–Crippen LogP) is 3.00. The van der Waals surface area contributed by atoms with Gasteiger partial charge in [-0.15, -0.1) is 0 Å². The van der Waals surface area contributed by atoms with Crippen molar-refractivity contribution in [3.8, 4) is 5.75 Å². The van der Waals surface area contributed by atoms with E-state index < -0.39 is 10.0 Å². The fraction of sp³-hybridized carbons (Fsp3) is 0.250. The van der Waals surface area contributed by atoms with Crippen molar-refractivity contribution in [1.29, 1.82) is 0 Å². The number of aryl methyl sites for hydroxylation is 1. The molecule has 10 heteroatoms. The van der Waals surface area contributed by atoms with Gasteiger partial charge in [-0.05, 0) is 48.9 Å². The standard InChI is InChI=1S/C24H25N3O6S/c1-17-9-10-18(16-22(17)34(30,31)25-19-6-3-4-7-20(19)32-2)23(28)26-11-13-27(14-12-26)24(29)21-8-5-15-33-21/h3-10,15-16,25H,11-14H2,1-2H3. The van der Waals surface area contributed by atoms with Crippen LogP contribution in [0.3, 0.4) is 0 Å². The molecule has 1 aliphatic rings. The average molecular weight is 484 g/mol. The lowest BCUT2D eigenvalue weighted by Crippen LogP contribution is -2.50. The van der Waals surface area contributed by atoms with Gasteiger partial charge in [0, 0.05) is 31.7 Å². The van der Waals surface area contributed by atoms with Gasteiger partial charge in [0.1, 0.15) is 5.75 Å². The van der Waals surface area contributed by atoms with E-state index in [1.807, 2.05) is 0 Å². The number of hydrogen-bond donors (Lipinski definition) is 1. The largest absolute Gasteiger partial charge is 0.495 e. The molecule has 34 heavy (non-hydrogen) atoms. The summed E-state index contributed by atoms with van der Waals surface area (Å²) in [5, 5.41) is 0. The molecule has 0 saturated carbocycles. The highest BCUT2D eigenvalue weighted by Crippen LogP contribution is 2.28. The summed E-state index contributed by atoms with van der Waals surface area (Å²) in [7, 11) is -2.51. The number of methoxy groups -OCH3 is 1. The Hall–Kier alpha value is -3.79. The first-order valence-corrected chi connectivity index (χ1v) is 12.2. The van der Waals surface area contributed by atoms with Crippen LogP contribution in [-0.4, -0.2) is 63.3 Å². The quantitative estimate of drug-likeness (QED) is 0.577. The van der Waals surface area contributed by atoms with Gasteiger partial charge >= 0.3 is 0 Å². The van der Waals surface area contributed by atoms with E-state index in [1.54, 1.807) is 65.3 Å². The van der Waals surface area contributed by atoms with E-state index in [2.05, 4.69) is 4.72 Å². The molecule has 9 nitrogen and oxygen atoms in total. The zero-order chi connectivity index (χ0) is 24.3. The van der Waals surface area contributed by atoms with E-state index in [-0.39, 0.29) is 28.0 Å².